The normalized spacial score (nSPS) is 9.83. The van der Waals surface area contributed by atoms with E-state index in [1.165, 1.54) is 0 Å². The molecular weight excluding hydrogens is 250 g/mol. The van der Waals surface area contributed by atoms with Crippen molar-refractivity contribution < 1.29 is 4.74 Å². The van der Waals surface area contributed by atoms with Gasteiger partial charge in [-0.1, -0.05) is 6.07 Å². The second kappa shape index (κ2) is 5.48. The lowest BCUT2D eigenvalue weighted by atomic mass is 10.1. The van der Waals surface area contributed by atoms with Crippen LogP contribution in [0.5, 0.6) is 11.8 Å². The fourth-order valence-electron chi connectivity index (χ4n) is 1.34. The number of aromatic nitrogens is 2. The molecule has 0 saturated carbocycles. The largest absolute Gasteiger partial charge is 0.424 e. The predicted octanol–water partition coefficient (Wildman–Crippen LogP) is 3.19. The summed E-state index contributed by atoms with van der Waals surface area (Å²) in [4.78, 5) is 8.08. The van der Waals surface area contributed by atoms with Crippen molar-refractivity contribution in [3.05, 3.63) is 47.3 Å². The molecule has 18 heavy (non-hydrogen) atoms. The van der Waals surface area contributed by atoms with Crippen LogP contribution < -0.4 is 4.74 Å². The first-order valence-corrected chi connectivity index (χ1v) is 5.82. The van der Waals surface area contributed by atoms with Gasteiger partial charge in [0.1, 0.15) is 5.75 Å². The Bertz CT molecular complexity index is 590. The zero-order chi connectivity index (χ0) is 13.0. The average molecular weight is 260 g/mol. The quantitative estimate of drug-likeness (QED) is 0.795. The summed E-state index contributed by atoms with van der Waals surface area (Å²) >= 11 is 5.65. The Kier molecular flexibility index (Phi) is 3.75. The van der Waals surface area contributed by atoms with Crippen LogP contribution in [0.15, 0.2) is 30.6 Å². The Hall–Kier alpha value is -2.12. The van der Waals surface area contributed by atoms with E-state index in [-0.39, 0.29) is 6.01 Å². The third kappa shape index (κ3) is 2.76. The number of hydrogen-bond acceptors (Lipinski definition) is 4. The molecule has 0 aliphatic rings. The van der Waals surface area contributed by atoms with Crippen LogP contribution >= 0.6 is 11.6 Å². The molecule has 0 aliphatic heterocycles. The van der Waals surface area contributed by atoms with Crippen LogP contribution in [0.3, 0.4) is 0 Å². The number of benzene rings is 1. The zero-order valence-corrected chi connectivity index (χ0v) is 10.5. The van der Waals surface area contributed by atoms with Gasteiger partial charge in [-0.25, -0.2) is 9.97 Å². The molecule has 0 aliphatic carbocycles. The molecule has 1 aromatic heterocycles. The van der Waals surface area contributed by atoms with E-state index in [2.05, 4.69) is 16.0 Å². The molecule has 1 heterocycles. The zero-order valence-electron chi connectivity index (χ0n) is 9.72. The van der Waals surface area contributed by atoms with Gasteiger partial charge in [0.2, 0.25) is 0 Å². The van der Waals surface area contributed by atoms with Crippen LogP contribution in [0.2, 0.25) is 0 Å². The molecule has 0 fully saturated rings. The fraction of sp³-hybridized carbons (Fsp3) is 0.154. The number of aryl methyl sites for hydroxylation is 1. The number of nitriles is 1. The van der Waals surface area contributed by atoms with Crippen LogP contribution in [-0.4, -0.2) is 9.97 Å². The van der Waals surface area contributed by atoms with Gasteiger partial charge in [-0.15, -0.1) is 11.6 Å². The molecule has 0 amide bonds. The Morgan fingerprint density at radius 3 is 2.67 bits per heavy atom. The number of halogens is 1. The van der Waals surface area contributed by atoms with Crippen molar-refractivity contribution in [3.8, 4) is 17.8 Å². The smallest absolute Gasteiger partial charge is 0.321 e. The molecule has 5 heteroatoms. The van der Waals surface area contributed by atoms with Gasteiger partial charge in [0.15, 0.2) is 0 Å². The van der Waals surface area contributed by atoms with Crippen LogP contribution in [-0.2, 0) is 5.88 Å². The number of hydrogen-bond donors (Lipinski definition) is 0. The summed E-state index contributed by atoms with van der Waals surface area (Å²) in [5.74, 6) is 0.941. The molecule has 90 valence electrons. The highest BCUT2D eigenvalue weighted by Gasteiger charge is 2.05. The maximum atomic E-state index is 8.84. The molecule has 0 atom stereocenters. The van der Waals surface area contributed by atoms with Gasteiger partial charge < -0.3 is 4.74 Å². The van der Waals surface area contributed by atoms with Gasteiger partial charge in [-0.05, 0) is 24.6 Å². The summed E-state index contributed by atoms with van der Waals surface area (Å²) in [6.45, 7) is 1.89. The molecule has 0 spiro atoms. The molecule has 0 saturated heterocycles. The minimum atomic E-state index is 0.238. The summed E-state index contributed by atoms with van der Waals surface area (Å²) in [6, 6.07) is 7.52. The molecular formula is C13H10ClN3O. The summed E-state index contributed by atoms with van der Waals surface area (Å²) in [7, 11) is 0. The summed E-state index contributed by atoms with van der Waals surface area (Å²) < 4.78 is 5.53. The number of alkyl halides is 1. The van der Waals surface area contributed by atoms with E-state index < -0.39 is 0 Å². The molecule has 0 bridgehead atoms. The SMILES string of the molecule is Cc1ccc(C#N)cc1Oc1ncc(CCl)cn1. The minimum Gasteiger partial charge on any atom is -0.424 e. The van der Waals surface area contributed by atoms with Gasteiger partial charge in [-0.3, -0.25) is 0 Å². The molecule has 0 N–H and O–H groups in total. The molecule has 2 aromatic rings. The number of ether oxygens (including phenoxy) is 1. The Morgan fingerprint density at radius 2 is 2.06 bits per heavy atom. The summed E-state index contributed by atoms with van der Waals surface area (Å²) in [6.07, 6.45) is 3.22. The number of nitrogens with zero attached hydrogens (tertiary/aromatic N) is 3. The average Bonchev–Trinajstić information content (AvgIpc) is 2.42. The molecule has 0 radical (unpaired) electrons. The maximum absolute atomic E-state index is 8.84. The maximum Gasteiger partial charge on any atom is 0.321 e. The lowest BCUT2D eigenvalue weighted by Crippen LogP contribution is -1.94. The lowest BCUT2D eigenvalue weighted by Gasteiger charge is -2.07. The van der Waals surface area contributed by atoms with E-state index in [0.29, 0.717) is 17.2 Å². The molecule has 0 unspecified atom stereocenters. The number of rotatable bonds is 3. The second-order valence-corrected chi connectivity index (χ2v) is 3.97. The second-order valence-electron chi connectivity index (χ2n) is 3.70. The van der Waals surface area contributed by atoms with Crippen molar-refractivity contribution in [1.29, 1.82) is 5.26 Å². The lowest BCUT2D eigenvalue weighted by molar-refractivity contribution is 0.438. The van der Waals surface area contributed by atoms with Gasteiger partial charge >= 0.3 is 6.01 Å². The molecule has 4 nitrogen and oxygen atoms in total. The van der Waals surface area contributed by atoms with Gasteiger partial charge in [0.05, 0.1) is 17.5 Å². The third-order valence-corrected chi connectivity index (χ3v) is 2.66. The van der Waals surface area contributed by atoms with E-state index in [1.54, 1.807) is 24.5 Å². The minimum absolute atomic E-state index is 0.238. The van der Waals surface area contributed by atoms with Crippen LogP contribution in [0.4, 0.5) is 0 Å². The molecule has 1 aromatic carbocycles. The first kappa shape index (κ1) is 12.3. The summed E-state index contributed by atoms with van der Waals surface area (Å²) in [5.41, 5.74) is 2.28. The predicted molar refractivity (Wildman–Crippen MR) is 67.6 cm³/mol. The monoisotopic (exact) mass is 259 g/mol. The standard InChI is InChI=1S/C13H10ClN3O/c1-9-2-3-10(6-15)4-12(9)18-13-16-7-11(5-14)8-17-13/h2-4,7-8H,5H2,1H3. The fourth-order valence-corrected chi connectivity index (χ4v) is 1.48. The summed E-state index contributed by atoms with van der Waals surface area (Å²) in [5, 5.41) is 8.84. The van der Waals surface area contributed by atoms with E-state index in [0.717, 1.165) is 11.1 Å². The van der Waals surface area contributed by atoms with Crippen molar-refractivity contribution in [2.24, 2.45) is 0 Å². The van der Waals surface area contributed by atoms with Crippen molar-refractivity contribution in [3.63, 3.8) is 0 Å². The van der Waals surface area contributed by atoms with E-state index in [4.69, 9.17) is 21.6 Å². The van der Waals surface area contributed by atoms with E-state index >= 15 is 0 Å². The Morgan fingerprint density at radius 1 is 1.33 bits per heavy atom. The van der Waals surface area contributed by atoms with Gasteiger partial charge in [0, 0.05) is 18.0 Å². The Labute approximate surface area is 110 Å². The van der Waals surface area contributed by atoms with E-state index in [9.17, 15) is 0 Å². The van der Waals surface area contributed by atoms with Crippen molar-refractivity contribution in [2.45, 2.75) is 12.8 Å². The van der Waals surface area contributed by atoms with Crippen molar-refractivity contribution >= 4 is 11.6 Å². The van der Waals surface area contributed by atoms with Crippen LogP contribution in [0.25, 0.3) is 0 Å². The van der Waals surface area contributed by atoms with Crippen molar-refractivity contribution in [2.75, 3.05) is 0 Å². The van der Waals surface area contributed by atoms with Crippen LogP contribution in [0.1, 0.15) is 16.7 Å². The van der Waals surface area contributed by atoms with Crippen LogP contribution in [0, 0.1) is 18.3 Å². The van der Waals surface area contributed by atoms with Gasteiger partial charge in [0.25, 0.3) is 0 Å². The molecule has 2 rings (SSSR count). The third-order valence-electron chi connectivity index (χ3n) is 2.35. The first-order valence-electron chi connectivity index (χ1n) is 5.28. The highest BCUT2D eigenvalue weighted by Crippen LogP contribution is 2.23. The topological polar surface area (TPSA) is 58.8 Å². The highest BCUT2D eigenvalue weighted by molar-refractivity contribution is 6.17. The van der Waals surface area contributed by atoms with E-state index in [1.807, 2.05) is 13.0 Å². The first-order chi connectivity index (χ1) is 8.72. The van der Waals surface area contributed by atoms with Gasteiger partial charge in [-0.2, -0.15) is 5.26 Å². The van der Waals surface area contributed by atoms with Crippen molar-refractivity contribution in [1.82, 2.24) is 9.97 Å². The Balaban J connectivity index is 2.25. The highest BCUT2D eigenvalue weighted by atomic mass is 35.5.